The van der Waals surface area contributed by atoms with Crippen molar-refractivity contribution in [3.63, 3.8) is 0 Å². The first kappa shape index (κ1) is 13.9. The molecule has 1 unspecified atom stereocenters. The fraction of sp³-hybridized carbons (Fsp3) is 0.231. The topological polar surface area (TPSA) is 13.1 Å². The highest BCUT2D eigenvalue weighted by molar-refractivity contribution is 9.10. The molecule has 0 spiro atoms. The van der Waals surface area contributed by atoms with Gasteiger partial charge in [0.25, 0.3) is 0 Å². The minimum atomic E-state index is -0.618. The number of aryl methyl sites for hydroxylation is 2. The predicted octanol–water partition coefficient (Wildman–Crippen LogP) is 5.78. The molecule has 0 saturated heterocycles. The number of halogens is 4. The molecule has 2 rings (SSSR count). The van der Waals surface area contributed by atoms with E-state index in [4.69, 9.17) is 27.6 Å². The van der Waals surface area contributed by atoms with Crippen LogP contribution in [0.2, 0.25) is 5.02 Å². The van der Waals surface area contributed by atoms with E-state index in [9.17, 15) is 4.39 Å². The van der Waals surface area contributed by atoms with Crippen LogP contribution in [0.4, 0.5) is 4.39 Å². The van der Waals surface area contributed by atoms with Gasteiger partial charge in [-0.3, -0.25) is 0 Å². The van der Waals surface area contributed by atoms with Crippen LogP contribution in [-0.2, 0) is 0 Å². The van der Waals surface area contributed by atoms with Crippen molar-refractivity contribution in [1.29, 1.82) is 0 Å². The van der Waals surface area contributed by atoms with Gasteiger partial charge in [0.2, 0.25) is 0 Å². The standard InChI is InChI=1S/C13H10BrCl2FO/c1-6-3-8(7(2)18-6)13(16)9-4-11(15)10(14)5-12(9)17/h3-5,13H,1-2H3. The Hall–Kier alpha value is -0.510. The summed E-state index contributed by atoms with van der Waals surface area (Å²) < 4.78 is 19.8. The van der Waals surface area contributed by atoms with Gasteiger partial charge in [-0.1, -0.05) is 11.6 Å². The number of benzene rings is 1. The molecular weight excluding hydrogens is 342 g/mol. The van der Waals surface area contributed by atoms with Gasteiger partial charge in [0.1, 0.15) is 17.3 Å². The smallest absolute Gasteiger partial charge is 0.129 e. The zero-order valence-corrected chi connectivity index (χ0v) is 12.8. The summed E-state index contributed by atoms with van der Waals surface area (Å²) in [5.74, 6) is 1.03. The molecule has 0 N–H and O–H groups in total. The van der Waals surface area contributed by atoms with Gasteiger partial charge in [-0.05, 0) is 48.0 Å². The normalized spacial score (nSPS) is 12.8. The molecule has 1 atom stereocenters. The molecule has 0 aliphatic rings. The lowest BCUT2D eigenvalue weighted by Crippen LogP contribution is -1.98. The van der Waals surface area contributed by atoms with E-state index in [0.29, 0.717) is 20.8 Å². The lowest BCUT2D eigenvalue weighted by Gasteiger charge is -2.11. The second-order valence-corrected chi connectivity index (χ2v) is 5.72. The predicted molar refractivity (Wildman–Crippen MR) is 75.0 cm³/mol. The quantitative estimate of drug-likeness (QED) is 0.493. The molecule has 1 aromatic carbocycles. The summed E-state index contributed by atoms with van der Waals surface area (Å²) in [5, 5.41) is -0.192. The average molecular weight is 352 g/mol. The molecular formula is C13H10BrCl2FO. The Bertz CT molecular complexity index is 595. The number of furan rings is 1. The summed E-state index contributed by atoms with van der Waals surface area (Å²) in [6.07, 6.45) is 0. The van der Waals surface area contributed by atoms with E-state index in [1.807, 2.05) is 13.0 Å². The van der Waals surface area contributed by atoms with E-state index in [1.165, 1.54) is 12.1 Å². The van der Waals surface area contributed by atoms with Crippen molar-refractivity contribution in [3.05, 3.63) is 56.2 Å². The average Bonchev–Trinajstić information content (AvgIpc) is 2.62. The Kier molecular flexibility index (Phi) is 4.05. The van der Waals surface area contributed by atoms with Crippen LogP contribution in [-0.4, -0.2) is 0 Å². The zero-order valence-electron chi connectivity index (χ0n) is 9.73. The van der Waals surface area contributed by atoms with Gasteiger partial charge in [-0.25, -0.2) is 4.39 Å². The van der Waals surface area contributed by atoms with Crippen LogP contribution in [0.1, 0.15) is 28.0 Å². The molecule has 0 aliphatic heterocycles. The van der Waals surface area contributed by atoms with E-state index in [1.54, 1.807) is 6.92 Å². The highest BCUT2D eigenvalue weighted by Crippen LogP contribution is 2.37. The third kappa shape index (κ3) is 2.58. The van der Waals surface area contributed by atoms with Gasteiger partial charge < -0.3 is 4.42 Å². The Morgan fingerprint density at radius 3 is 2.44 bits per heavy atom. The number of alkyl halides is 1. The molecule has 0 saturated carbocycles. The van der Waals surface area contributed by atoms with Crippen molar-refractivity contribution < 1.29 is 8.81 Å². The van der Waals surface area contributed by atoms with Gasteiger partial charge in [-0.2, -0.15) is 0 Å². The van der Waals surface area contributed by atoms with Crippen LogP contribution < -0.4 is 0 Å². The van der Waals surface area contributed by atoms with E-state index < -0.39 is 11.2 Å². The molecule has 18 heavy (non-hydrogen) atoms. The van der Waals surface area contributed by atoms with Gasteiger partial charge >= 0.3 is 0 Å². The maximum Gasteiger partial charge on any atom is 0.129 e. The summed E-state index contributed by atoms with van der Waals surface area (Å²) >= 11 is 15.4. The molecule has 0 amide bonds. The van der Waals surface area contributed by atoms with E-state index in [0.717, 1.165) is 11.3 Å². The third-order valence-electron chi connectivity index (χ3n) is 2.67. The molecule has 0 radical (unpaired) electrons. The molecule has 1 aromatic heterocycles. The fourth-order valence-electron chi connectivity index (χ4n) is 1.80. The van der Waals surface area contributed by atoms with Crippen molar-refractivity contribution in [1.82, 2.24) is 0 Å². The minimum absolute atomic E-state index is 0.341. The van der Waals surface area contributed by atoms with Crippen LogP contribution in [0.15, 0.2) is 27.1 Å². The Labute approximate surface area is 123 Å². The SMILES string of the molecule is Cc1cc(C(Cl)c2cc(Cl)c(Br)cc2F)c(C)o1. The van der Waals surface area contributed by atoms with Gasteiger partial charge in [-0.15, -0.1) is 11.6 Å². The maximum absolute atomic E-state index is 13.9. The number of rotatable bonds is 2. The summed E-state index contributed by atoms with van der Waals surface area (Å²) in [6, 6.07) is 4.65. The molecule has 1 heterocycles. The van der Waals surface area contributed by atoms with Crippen LogP contribution in [0.3, 0.4) is 0 Å². The van der Waals surface area contributed by atoms with Crippen molar-refractivity contribution in [2.24, 2.45) is 0 Å². The summed E-state index contributed by atoms with van der Waals surface area (Å²) in [5.41, 5.74) is 1.10. The Morgan fingerprint density at radius 1 is 1.22 bits per heavy atom. The molecule has 0 bridgehead atoms. The minimum Gasteiger partial charge on any atom is -0.466 e. The largest absolute Gasteiger partial charge is 0.466 e. The second kappa shape index (κ2) is 5.24. The van der Waals surface area contributed by atoms with Crippen LogP contribution in [0.25, 0.3) is 0 Å². The molecule has 1 nitrogen and oxygen atoms in total. The second-order valence-electron chi connectivity index (χ2n) is 4.02. The molecule has 0 aliphatic carbocycles. The monoisotopic (exact) mass is 350 g/mol. The van der Waals surface area contributed by atoms with E-state index >= 15 is 0 Å². The Morgan fingerprint density at radius 2 is 1.89 bits per heavy atom. The molecule has 2 aromatic rings. The maximum atomic E-state index is 13.9. The van der Waals surface area contributed by atoms with Crippen LogP contribution in [0, 0.1) is 19.7 Å². The van der Waals surface area contributed by atoms with Crippen molar-refractivity contribution in [3.8, 4) is 0 Å². The van der Waals surface area contributed by atoms with Crippen molar-refractivity contribution in [2.45, 2.75) is 19.2 Å². The van der Waals surface area contributed by atoms with Crippen LogP contribution in [0.5, 0.6) is 0 Å². The highest BCUT2D eigenvalue weighted by Gasteiger charge is 2.21. The summed E-state index contributed by atoms with van der Waals surface area (Å²) in [6.45, 7) is 3.63. The van der Waals surface area contributed by atoms with Gasteiger partial charge in [0.05, 0.1) is 10.4 Å². The van der Waals surface area contributed by atoms with Crippen molar-refractivity contribution >= 4 is 39.1 Å². The first-order chi connectivity index (χ1) is 8.40. The summed E-state index contributed by atoms with van der Waals surface area (Å²) in [7, 11) is 0. The van der Waals surface area contributed by atoms with Crippen molar-refractivity contribution in [2.75, 3.05) is 0 Å². The molecule has 96 valence electrons. The lowest BCUT2D eigenvalue weighted by atomic mass is 10.0. The lowest BCUT2D eigenvalue weighted by molar-refractivity contribution is 0.501. The highest BCUT2D eigenvalue weighted by atomic mass is 79.9. The van der Waals surface area contributed by atoms with E-state index in [2.05, 4.69) is 15.9 Å². The summed E-state index contributed by atoms with van der Waals surface area (Å²) in [4.78, 5) is 0. The zero-order chi connectivity index (χ0) is 13.4. The molecule has 0 fully saturated rings. The van der Waals surface area contributed by atoms with Gasteiger partial charge in [0, 0.05) is 15.6 Å². The van der Waals surface area contributed by atoms with E-state index in [-0.39, 0.29) is 0 Å². The molecule has 5 heteroatoms. The first-order valence-electron chi connectivity index (χ1n) is 5.25. The fourth-order valence-corrected chi connectivity index (χ4v) is 2.67. The number of hydrogen-bond donors (Lipinski definition) is 0. The first-order valence-corrected chi connectivity index (χ1v) is 6.86. The van der Waals surface area contributed by atoms with Crippen LogP contribution >= 0.6 is 39.1 Å². The third-order valence-corrected chi connectivity index (χ3v) is 4.33. The number of hydrogen-bond acceptors (Lipinski definition) is 1. The van der Waals surface area contributed by atoms with Gasteiger partial charge in [0.15, 0.2) is 0 Å². The Balaban J connectivity index is 2.49.